The summed E-state index contributed by atoms with van der Waals surface area (Å²) in [6.07, 6.45) is 3.01. The van der Waals surface area contributed by atoms with Crippen molar-refractivity contribution in [3.63, 3.8) is 0 Å². The van der Waals surface area contributed by atoms with Gasteiger partial charge in [0.15, 0.2) is 5.78 Å². The molecule has 0 N–H and O–H groups in total. The van der Waals surface area contributed by atoms with Gasteiger partial charge in [-0.15, -0.1) is 11.3 Å². The first-order valence-electron chi connectivity index (χ1n) is 8.04. The van der Waals surface area contributed by atoms with Crippen LogP contribution in [0.5, 0.6) is 5.75 Å². The Kier molecular flexibility index (Phi) is 2.74. The second kappa shape index (κ2) is 4.71. The molecule has 23 heavy (non-hydrogen) atoms. The van der Waals surface area contributed by atoms with E-state index in [1.807, 2.05) is 29.6 Å². The lowest BCUT2D eigenvalue weighted by Crippen LogP contribution is -2.45. The summed E-state index contributed by atoms with van der Waals surface area (Å²) in [6.45, 7) is 0. The van der Waals surface area contributed by atoms with Crippen molar-refractivity contribution >= 4 is 17.1 Å². The second-order valence-electron chi connectivity index (χ2n) is 6.34. The Labute approximate surface area is 138 Å². The summed E-state index contributed by atoms with van der Waals surface area (Å²) in [5.74, 6) is 1.23. The zero-order chi connectivity index (χ0) is 15.4. The van der Waals surface area contributed by atoms with Gasteiger partial charge in [0, 0.05) is 36.3 Å². The van der Waals surface area contributed by atoms with Crippen molar-refractivity contribution in [2.75, 3.05) is 0 Å². The Bertz CT molecular complexity index is 821. The van der Waals surface area contributed by atoms with Gasteiger partial charge in [-0.3, -0.25) is 4.79 Å². The van der Waals surface area contributed by atoms with Crippen LogP contribution in [0.4, 0.5) is 0 Å². The number of allylic oxidation sites excluding steroid dienone is 2. The molecule has 0 fully saturated rings. The van der Waals surface area contributed by atoms with Gasteiger partial charge >= 0.3 is 0 Å². The first-order chi connectivity index (χ1) is 11.3. The molecule has 2 aromatic rings. The number of ether oxygens (including phenoxy) is 2. The lowest BCUT2D eigenvalue weighted by atomic mass is 9.75. The van der Waals surface area contributed by atoms with Crippen LogP contribution in [-0.4, -0.2) is 5.78 Å². The minimum Gasteiger partial charge on any atom is -0.451 e. The Balaban J connectivity index is 1.75. The largest absolute Gasteiger partial charge is 0.451 e. The second-order valence-corrected chi connectivity index (χ2v) is 7.29. The van der Waals surface area contributed by atoms with Gasteiger partial charge in [-0.1, -0.05) is 24.3 Å². The summed E-state index contributed by atoms with van der Waals surface area (Å²) in [6, 6.07) is 12.1. The minimum absolute atomic E-state index is 0.0820. The van der Waals surface area contributed by atoms with E-state index in [9.17, 15) is 4.79 Å². The third-order valence-corrected chi connectivity index (χ3v) is 5.98. The Morgan fingerprint density at radius 3 is 2.87 bits per heavy atom. The molecule has 2 aliphatic heterocycles. The van der Waals surface area contributed by atoms with E-state index in [-0.39, 0.29) is 11.7 Å². The van der Waals surface area contributed by atoms with Crippen LogP contribution in [0, 0.1) is 0 Å². The molecule has 1 aromatic carbocycles. The van der Waals surface area contributed by atoms with Crippen LogP contribution < -0.4 is 4.74 Å². The summed E-state index contributed by atoms with van der Waals surface area (Å²) in [7, 11) is 0. The van der Waals surface area contributed by atoms with Crippen molar-refractivity contribution in [2.45, 2.75) is 37.4 Å². The maximum atomic E-state index is 12.6. The third-order valence-electron chi connectivity index (χ3n) is 4.98. The average Bonchev–Trinajstić information content (AvgIpc) is 3.10. The molecule has 0 amide bonds. The van der Waals surface area contributed by atoms with Gasteiger partial charge in [0.1, 0.15) is 11.5 Å². The fourth-order valence-corrected chi connectivity index (χ4v) is 4.81. The predicted molar refractivity (Wildman–Crippen MR) is 87.4 cm³/mol. The van der Waals surface area contributed by atoms with Crippen molar-refractivity contribution in [2.24, 2.45) is 0 Å². The van der Waals surface area contributed by atoms with E-state index >= 15 is 0 Å². The number of para-hydroxylation sites is 1. The van der Waals surface area contributed by atoms with Crippen LogP contribution in [0.25, 0.3) is 0 Å². The van der Waals surface area contributed by atoms with Crippen LogP contribution in [-0.2, 0) is 15.3 Å². The van der Waals surface area contributed by atoms with Crippen molar-refractivity contribution in [1.82, 2.24) is 0 Å². The molecular weight excluding hydrogens is 308 g/mol. The molecule has 0 saturated carbocycles. The first-order valence-corrected chi connectivity index (χ1v) is 8.92. The van der Waals surface area contributed by atoms with Gasteiger partial charge in [0.05, 0.1) is 4.88 Å². The number of carbonyl (C=O) groups is 1. The quantitative estimate of drug-likeness (QED) is 0.774. The number of ketones is 1. The SMILES string of the molecule is O=C1CCCC2=C1[C@H]1C[C@@](c3cccs3)(O2)Oc2ccccc21. The van der Waals surface area contributed by atoms with E-state index in [0.29, 0.717) is 12.8 Å². The number of Topliss-reactive ketones (excluding diaryl/α,β-unsaturated/α-hetero) is 1. The Morgan fingerprint density at radius 1 is 1.09 bits per heavy atom. The third kappa shape index (κ3) is 1.84. The van der Waals surface area contributed by atoms with Crippen molar-refractivity contribution in [1.29, 1.82) is 0 Å². The van der Waals surface area contributed by atoms with E-state index in [0.717, 1.165) is 40.4 Å². The lowest BCUT2D eigenvalue weighted by Gasteiger charge is -2.47. The van der Waals surface area contributed by atoms with E-state index < -0.39 is 5.79 Å². The number of hydrogen-bond donors (Lipinski definition) is 0. The highest BCUT2D eigenvalue weighted by molar-refractivity contribution is 7.10. The molecule has 3 aliphatic rings. The van der Waals surface area contributed by atoms with Crippen LogP contribution in [0.15, 0.2) is 53.1 Å². The number of fused-ring (bicyclic) bond motifs is 5. The molecule has 0 radical (unpaired) electrons. The fourth-order valence-electron chi connectivity index (χ4n) is 4.00. The fraction of sp³-hybridized carbons (Fsp3) is 0.316. The standard InChI is InChI=1S/C19H16O3S/c20-14-6-3-8-16-18(14)13-11-19(22-16,17-9-4-10-23-17)21-15-7-2-1-5-12(13)15/h1-2,4-5,7,9-10,13H,3,6,8,11H2/t13-,19-/m0/s1. The first kappa shape index (κ1) is 13.4. The molecule has 2 bridgehead atoms. The number of thiophene rings is 1. The van der Waals surface area contributed by atoms with E-state index in [1.54, 1.807) is 11.3 Å². The topological polar surface area (TPSA) is 35.5 Å². The van der Waals surface area contributed by atoms with Crippen LogP contribution in [0.1, 0.15) is 42.0 Å². The molecule has 2 atom stereocenters. The summed E-state index contributed by atoms with van der Waals surface area (Å²) in [4.78, 5) is 13.6. The van der Waals surface area contributed by atoms with Crippen molar-refractivity contribution in [3.8, 4) is 5.75 Å². The smallest absolute Gasteiger partial charge is 0.287 e. The summed E-state index contributed by atoms with van der Waals surface area (Å²) in [5, 5.41) is 2.04. The van der Waals surface area contributed by atoms with Gasteiger partial charge in [0.25, 0.3) is 5.79 Å². The molecule has 0 spiro atoms. The molecule has 1 aromatic heterocycles. The molecule has 5 rings (SSSR count). The Morgan fingerprint density at radius 2 is 2.00 bits per heavy atom. The van der Waals surface area contributed by atoms with Gasteiger partial charge in [-0.25, -0.2) is 0 Å². The zero-order valence-corrected chi connectivity index (χ0v) is 13.4. The van der Waals surface area contributed by atoms with Gasteiger partial charge in [-0.2, -0.15) is 0 Å². The molecule has 4 heteroatoms. The number of rotatable bonds is 1. The summed E-state index contributed by atoms with van der Waals surface area (Å²) >= 11 is 1.65. The molecule has 3 nitrogen and oxygen atoms in total. The zero-order valence-electron chi connectivity index (χ0n) is 12.6. The normalized spacial score (nSPS) is 28.5. The van der Waals surface area contributed by atoms with Gasteiger partial charge in [0.2, 0.25) is 0 Å². The molecule has 0 unspecified atom stereocenters. The van der Waals surface area contributed by atoms with E-state index in [4.69, 9.17) is 9.47 Å². The maximum absolute atomic E-state index is 12.6. The minimum atomic E-state index is -0.774. The summed E-state index contributed by atoms with van der Waals surface area (Å²) in [5.41, 5.74) is 2.00. The van der Waals surface area contributed by atoms with Gasteiger partial charge < -0.3 is 9.47 Å². The van der Waals surface area contributed by atoms with Crippen LogP contribution in [0.2, 0.25) is 0 Å². The highest BCUT2D eigenvalue weighted by atomic mass is 32.1. The molecule has 116 valence electrons. The summed E-state index contributed by atoms with van der Waals surface area (Å²) < 4.78 is 12.7. The van der Waals surface area contributed by atoms with Crippen molar-refractivity contribution < 1.29 is 14.3 Å². The highest BCUT2D eigenvalue weighted by Gasteiger charge is 2.52. The Hall–Kier alpha value is -2.07. The highest BCUT2D eigenvalue weighted by Crippen LogP contribution is 2.56. The molecule has 0 saturated heterocycles. The van der Waals surface area contributed by atoms with Gasteiger partial charge in [-0.05, 0) is 23.9 Å². The van der Waals surface area contributed by atoms with Crippen molar-refractivity contribution in [3.05, 3.63) is 63.6 Å². The van der Waals surface area contributed by atoms with E-state index in [2.05, 4.69) is 12.1 Å². The molecule has 3 heterocycles. The van der Waals surface area contributed by atoms with Crippen LogP contribution in [0.3, 0.4) is 0 Å². The maximum Gasteiger partial charge on any atom is 0.287 e. The van der Waals surface area contributed by atoms with Crippen LogP contribution >= 0.6 is 11.3 Å². The van der Waals surface area contributed by atoms with E-state index in [1.165, 1.54) is 0 Å². The lowest BCUT2D eigenvalue weighted by molar-refractivity contribution is -0.190. The monoisotopic (exact) mass is 324 g/mol. The number of hydrogen-bond acceptors (Lipinski definition) is 4. The predicted octanol–water partition coefficient (Wildman–Crippen LogP) is 4.50. The number of benzene rings is 1. The average molecular weight is 324 g/mol. The molecule has 1 aliphatic carbocycles. The number of carbonyl (C=O) groups excluding carboxylic acids is 1. The molecular formula is C19H16O3S.